The molecule has 0 aliphatic rings. The largest absolute Gasteiger partial charge is 0.407 e. The van der Waals surface area contributed by atoms with Gasteiger partial charge in [0.05, 0.1) is 28.6 Å². The van der Waals surface area contributed by atoms with E-state index in [-0.39, 0.29) is 28.0 Å². The van der Waals surface area contributed by atoms with Crippen LogP contribution in [0.25, 0.3) is 11.1 Å². The van der Waals surface area contributed by atoms with Crippen LogP contribution in [0.5, 0.6) is 0 Å². The van der Waals surface area contributed by atoms with Crippen molar-refractivity contribution in [2.24, 2.45) is 0 Å². The second-order valence-electron chi connectivity index (χ2n) is 10.8. The molecule has 0 radical (unpaired) electrons. The Kier molecular flexibility index (Phi) is 10.5. The summed E-state index contributed by atoms with van der Waals surface area (Å²) in [5.41, 5.74) is -1.28. The van der Waals surface area contributed by atoms with Crippen LogP contribution in [0.3, 0.4) is 0 Å². The summed E-state index contributed by atoms with van der Waals surface area (Å²) < 4.78 is 95.4. The molecule has 0 saturated carbocycles. The zero-order valence-corrected chi connectivity index (χ0v) is 24.7. The molecule has 3 atom stereocenters. The van der Waals surface area contributed by atoms with E-state index < -0.39 is 58.0 Å². The van der Waals surface area contributed by atoms with Gasteiger partial charge in [-0.25, -0.2) is 17.2 Å². The maximum absolute atomic E-state index is 14.7. The van der Waals surface area contributed by atoms with Crippen LogP contribution >= 0.6 is 0 Å². The molecule has 0 aliphatic heterocycles. The first kappa shape index (κ1) is 34.2. The molecule has 0 heterocycles. The summed E-state index contributed by atoms with van der Waals surface area (Å²) in [6.07, 6.45) is -4.90. The second kappa shape index (κ2) is 13.5. The van der Waals surface area contributed by atoms with Gasteiger partial charge in [0.25, 0.3) is 0 Å². The van der Waals surface area contributed by atoms with Crippen molar-refractivity contribution in [3.63, 3.8) is 0 Å². The van der Waals surface area contributed by atoms with Gasteiger partial charge in [-0.15, -0.1) is 0 Å². The average Bonchev–Trinajstić information content (AvgIpc) is 2.94. The van der Waals surface area contributed by atoms with Crippen molar-refractivity contribution in [3.8, 4) is 23.3 Å². The van der Waals surface area contributed by atoms with Gasteiger partial charge in [0.2, 0.25) is 5.91 Å². The first-order valence-corrected chi connectivity index (χ1v) is 15.1. The molecule has 44 heavy (non-hydrogen) atoms. The predicted octanol–water partition coefficient (Wildman–Crippen LogP) is 5.72. The van der Waals surface area contributed by atoms with Crippen molar-refractivity contribution in [2.75, 3.05) is 6.26 Å². The summed E-state index contributed by atoms with van der Waals surface area (Å²) in [5.74, 6) is -1.89. The summed E-state index contributed by atoms with van der Waals surface area (Å²) in [6.45, 7) is 2.19. The number of alkyl halides is 4. The summed E-state index contributed by atoms with van der Waals surface area (Å²) in [5, 5.41) is 22.9. The molecule has 3 aromatic rings. The Morgan fingerprint density at radius 3 is 1.95 bits per heavy atom. The molecule has 0 bridgehead atoms. The van der Waals surface area contributed by atoms with E-state index in [4.69, 9.17) is 5.26 Å². The van der Waals surface area contributed by atoms with Crippen LogP contribution in [0.1, 0.15) is 43.0 Å². The minimum Gasteiger partial charge on any atom is -0.339 e. The van der Waals surface area contributed by atoms with Crippen molar-refractivity contribution in [3.05, 3.63) is 89.2 Å². The van der Waals surface area contributed by atoms with Crippen molar-refractivity contribution in [1.29, 1.82) is 10.5 Å². The van der Waals surface area contributed by atoms with Gasteiger partial charge in [-0.05, 0) is 60.4 Å². The summed E-state index contributed by atoms with van der Waals surface area (Å²) >= 11 is 0. The molecule has 2 N–H and O–H groups in total. The number of halogens is 5. The van der Waals surface area contributed by atoms with Crippen LogP contribution in [-0.2, 0) is 21.1 Å². The van der Waals surface area contributed by atoms with E-state index in [0.717, 1.165) is 26.2 Å². The molecule has 13 heteroatoms. The van der Waals surface area contributed by atoms with Crippen molar-refractivity contribution in [2.45, 2.75) is 61.6 Å². The minimum atomic E-state index is -4.92. The van der Waals surface area contributed by atoms with Crippen LogP contribution in [-0.4, -0.2) is 44.5 Å². The number of rotatable bonds is 11. The Labute approximate surface area is 252 Å². The van der Waals surface area contributed by atoms with Gasteiger partial charge in [-0.2, -0.15) is 23.7 Å². The average molecular weight is 633 g/mol. The Morgan fingerprint density at radius 2 is 1.50 bits per heavy atom. The van der Waals surface area contributed by atoms with Crippen LogP contribution in [0.15, 0.2) is 71.6 Å². The Hall–Kier alpha value is -4.33. The first-order valence-electron chi connectivity index (χ1n) is 13.2. The van der Waals surface area contributed by atoms with E-state index in [9.17, 15) is 40.4 Å². The van der Waals surface area contributed by atoms with Crippen LogP contribution in [0, 0.1) is 28.5 Å². The lowest BCUT2D eigenvalue weighted by Gasteiger charge is -2.30. The fourth-order valence-electron chi connectivity index (χ4n) is 4.46. The lowest BCUT2D eigenvalue weighted by molar-refractivity contribution is -0.161. The van der Waals surface area contributed by atoms with Gasteiger partial charge in [-0.3, -0.25) is 10.1 Å². The number of carbonyl (C=O) groups excluding carboxylic acids is 1. The molecular formula is C31H29F5N4O3S. The lowest BCUT2D eigenvalue weighted by atomic mass is 9.96. The topological polar surface area (TPSA) is 123 Å². The van der Waals surface area contributed by atoms with Gasteiger partial charge in [0.1, 0.15) is 23.6 Å². The zero-order valence-electron chi connectivity index (χ0n) is 23.9. The van der Waals surface area contributed by atoms with Gasteiger partial charge in [0, 0.05) is 19.1 Å². The molecule has 0 aromatic heterocycles. The van der Waals surface area contributed by atoms with E-state index in [1.165, 1.54) is 60.7 Å². The molecule has 1 amide bonds. The lowest BCUT2D eigenvalue weighted by Crippen LogP contribution is -2.53. The molecule has 3 rings (SSSR count). The quantitative estimate of drug-likeness (QED) is 0.261. The molecule has 0 fully saturated rings. The van der Waals surface area contributed by atoms with Crippen molar-refractivity contribution in [1.82, 2.24) is 10.6 Å². The highest BCUT2D eigenvalue weighted by atomic mass is 32.2. The number of nitriles is 2. The number of benzene rings is 3. The maximum Gasteiger partial charge on any atom is 0.407 e. The highest BCUT2D eigenvalue weighted by molar-refractivity contribution is 7.90. The van der Waals surface area contributed by atoms with E-state index in [1.807, 2.05) is 0 Å². The number of hydrogen-bond acceptors (Lipinski definition) is 6. The fraction of sp³-hybridized carbons (Fsp3) is 0.323. The molecule has 0 unspecified atom stereocenters. The predicted molar refractivity (Wildman–Crippen MR) is 153 cm³/mol. The van der Waals surface area contributed by atoms with E-state index in [2.05, 4.69) is 10.6 Å². The third kappa shape index (κ3) is 9.33. The summed E-state index contributed by atoms with van der Waals surface area (Å²) in [7, 11) is -3.44. The zero-order chi connectivity index (χ0) is 32.9. The van der Waals surface area contributed by atoms with Crippen molar-refractivity contribution >= 4 is 15.7 Å². The SMILES string of the molecule is CC(C)(F)C[C@H](N[C@@H](c1ccc(-c2ccc(S(C)(=O)=O)cc2)cc1)C(F)(F)F)C(=O)N[C@H](C#N)Cc1ccc(C#N)cc1F. The van der Waals surface area contributed by atoms with Crippen LogP contribution < -0.4 is 10.6 Å². The second-order valence-corrected chi connectivity index (χ2v) is 12.9. The Bertz CT molecular complexity index is 1670. The maximum atomic E-state index is 14.7. The standard InChI is InChI=1S/C31H29F5N4O3S/c1-30(2,33)16-27(29(41)39-24(18-38)15-23-5-4-19(17-37)14-26(23)32)40-28(31(34,35)36)22-8-6-20(7-9-22)21-10-12-25(13-11-21)44(3,42)43/h4-14,24,27-28,40H,15-16H2,1-3H3,(H,39,41)/t24-,27-,28-/m0/s1. The molecule has 3 aromatic carbocycles. The molecule has 7 nitrogen and oxygen atoms in total. The molecule has 232 valence electrons. The molecular weight excluding hydrogens is 603 g/mol. The number of hydrogen-bond donors (Lipinski definition) is 2. The third-order valence-electron chi connectivity index (χ3n) is 6.64. The van der Waals surface area contributed by atoms with Gasteiger partial charge in [-0.1, -0.05) is 42.5 Å². The number of nitrogens with one attached hydrogen (secondary N) is 2. The van der Waals surface area contributed by atoms with E-state index in [0.29, 0.717) is 11.1 Å². The molecule has 0 spiro atoms. The summed E-state index contributed by atoms with van der Waals surface area (Å²) in [6, 6.07) is 12.5. The van der Waals surface area contributed by atoms with E-state index in [1.54, 1.807) is 12.1 Å². The molecule has 0 saturated heterocycles. The minimum absolute atomic E-state index is 0.00889. The molecule has 0 aliphatic carbocycles. The van der Waals surface area contributed by atoms with Gasteiger partial charge in [0.15, 0.2) is 9.84 Å². The normalized spacial score (nSPS) is 14.1. The number of amides is 1. The monoisotopic (exact) mass is 632 g/mol. The number of carbonyl (C=O) groups is 1. The Morgan fingerprint density at radius 1 is 0.932 bits per heavy atom. The van der Waals surface area contributed by atoms with Crippen molar-refractivity contribution < 1.29 is 35.2 Å². The third-order valence-corrected chi connectivity index (χ3v) is 7.77. The highest BCUT2D eigenvalue weighted by Gasteiger charge is 2.44. The van der Waals surface area contributed by atoms with Crippen LogP contribution in [0.2, 0.25) is 0 Å². The van der Waals surface area contributed by atoms with Gasteiger partial charge >= 0.3 is 6.18 Å². The van der Waals surface area contributed by atoms with Gasteiger partial charge < -0.3 is 5.32 Å². The van der Waals surface area contributed by atoms with E-state index >= 15 is 0 Å². The fourth-order valence-corrected chi connectivity index (χ4v) is 5.09. The van der Waals surface area contributed by atoms with Crippen LogP contribution in [0.4, 0.5) is 22.0 Å². The summed E-state index contributed by atoms with van der Waals surface area (Å²) in [4.78, 5) is 13.2. The highest BCUT2D eigenvalue weighted by Crippen LogP contribution is 2.35. The number of nitrogens with zero attached hydrogens (tertiary/aromatic N) is 2. The first-order chi connectivity index (χ1) is 20.4. The number of sulfone groups is 1. The smallest absolute Gasteiger partial charge is 0.339 e. The Balaban J connectivity index is 1.85.